The van der Waals surface area contributed by atoms with Gasteiger partial charge in [0.25, 0.3) is 0 Å². The maximum Gasteiger partial charge on any atom is 0.229 e. The Morgan fingerprint density at radius 3 is 2.22 bits per heavy atom. The summed E-state index contributed by atoms with van der Waals surface area (Å²) in [6.45, 7) is 8.72. The van der Waals surface area contributed by atoms with E-state index >= 15 is 0 Å². The fourth-order valence-electron chi connectivity index (χ4n) is 3.41. The molecule has 0 aliphatic carbocycles. The van der Waals surface area contributed by atoms with Crippen LogP contribution in [0.4, 0.5) is 0 Å². The smallest absolute Gasteiger partial charge is 0.229 e. The summed E-state index contributed by atoms with van der Waals surface area (Å²) in [5.74, 6) is 0.0553. The Labute approximate surface area is 163 Å². The van der Waals surface area contributed by atoms with E-state index in [-0.39, 0.29) is 22.5 Å². The van der Waals surface area contributed by atoms with E-state index < -0.39 is 30.7 Å². The molecule has 1 aliphatic heterocycles. The molecule has 0 aromatic heterocycles. The van der Waals surface area contributed by atoms with Crippen molar-refractivity contribution in [3.05, 3.63) is 22.3 Å². The van der Waals surface area contributed by atoms with E-state index in [1.54, 1.807) is 27.0 Å². The van der Waals surface area contributed by atoms with Gasteiger partial charge in [-0.25, -0.2) is 0 Å². The molecule has 5 atom stereocenters. The third-order valence-corrected chi connectivity index (χ3v) is 5.54. The molecule has 0 spiro atoms. The fraction of sp³-hybridized carbons (Fsp3) is 0.632. The molecule has 2 rings (SSSR count). The highest BCUT2D eigenvalue weighted by molar-refractivity contribution is 8.13. The van der Waals surface area contributed by atoms with Crippen LogP contribution in [0.3, 0.4) is 0 Å². The molecule has 0 radical (unpaired) electrons. The van der Waals surface area contributed by atoms with Crippen molar-refractivity contribution in [2.75, 3.05) is 6.26 Å². The van der Waals surface area contributed by atoms with Gasteiger partial charge < -0.3 is 29.9 Å². The molecule has 1 heterocycles. The van der Waals surface area contributed by atoms with Gasteiger partial charge in [-0.05, 0) is 44.1 Å². The Kier molecular flexibility index (Phi) is 6.81. The van der Waals surface area contributed by atoms with Crippen molar-refractivity contribution < 1.29 is 34.7 Å². The number of phenolic OH excluding ortho intramolecular Hbond substituents is 1. The largest absolute Gasteiger partial charge is 0.507 e. The Bertz CT molecular complexity index is 719. The van der Waals surface area contributed by atoms with Gasteiger partial charge >= 0.3 is 0 Å². The number of hydrogen-bond acceptors (Lipinski definition) is 8. The summed E-state index contributed by atoms with van der Waals surface area (Å²) >= 11 is 1.02. The first-order valence-electron chi connectivity index (χ1n) is 8.83. The fourth-order valence-corrected chi connectivity index (χ4v) is 3.82. The van der Waals surface area contributed by atoms with Gasteiger partial charge in [0.2, 0.25) is 11.4 Å². The van der Waals surface area contributed by atoms with Crippen LogP contribution in [0, 0.1) is 13.8 Å². The van der Waals surface area contributed by atoms with E-state index in [0.717, 1.165) is 11.8 Å². The van der Waals surface area contributed by atoms with E-state index in [4.69, 9.17) is 9.47 Å². The van der Waals surface area contributed by atoms with Crippen LogP contribution < -0.4 is 4.74 Å². The van der Waals surface area contributed by atoms with Gasteiger partial charge in [0.05, 0.1) is 11.7 Å². The van der Waals surface area contributed by atoms with Crippen molar-refractivity contribution in [2.24, 2.45) is 0 Å². The highest BCUT2D eigenvalue weighted by Gasteiger charge is 2.44. The summed E-state index contributed by atoms with van der Waals surface area (Å²) in [7, 11) is 0. The summed E-state index contributed by atoms with van der Waals surface area (Å²) in [6.07, 6.45) is -4.65. The number of aliphatic hydroxyl groups is 3. The molecule has 0 unspecified atom stereocenters. The number of aromatic hydroxyl groups is 1. The van der Waals surface area contributed by atoms with Crippen LogP contribution in [-0.2, 0) is 4.74 Å². The number of aliphatic hydroxyl groups excluding tert-OH is 3. The minimum Gasteiger partial charge on any atom is -0.507 e. The lowest BCUT2D eigenvalue weighted by molar-refractivity contribution is -0.268. The van der Waals surface area contributed by atoms with E-state index in [1.165, 1.54) is 0 Å². The number of hydrogen-bond donors (Lipinski definition) is 4. The summed E-state index contributed by atoms with van der Waals surface area (Å²) in [4.78, 5) is 12.7. The number of thioether (sulfide) groups is 1. The van der Waals surface area contributed by atoms with Crippen LogP contribution in [0.2, 0.25) is 0 Å². The lowest BCUT2D eigenvalue weighted by Gasteiger charge is -2.39. The monoisotopic (exact) mass is 400 g/mol. The molecular weight excluding hydrogens is 372 g/mol. The highest BCUT2D eigenvalue weighted by Crippen LogP contribution is 2.43. The minimum atomic E-state index is -1.52. The maximum absolute atomic E-state index is 12.7. The Balaban J connectivity index is 2.60. The van der Waals surface area contributed by atoms with Gasteiger partial charge in [-0.2, -0.15) is 0 Å². The molecular formula is C19H28O7S. The van der Waals surface area contributed by atoms with Crippen molar-refractivity contribution in [2.45, 2.75) is 71.2 Å². The second-order valence-corrected chi connectivity index (χ2v) is 7.94. The van der Waals surface area contributed by atoms with Crippen LogP contribution in [0.15, 0.2) is 0 Å². The SMILES string of the molecule is CSC(=O)c1c(O[C@@H]2O[C@@H](C)[C@H](O)[C@@H](O)[C@H]2O)c(C)c(O)c(C)c1C(C)C. The molecule has 1 aromatic rings. The van der Waals surface area contributed by atoms with E-state index in [0.29, 0.717) is 22.3 Å². The van der Waals surface area contributed by atoms with Gasteiger partial charge in [-0.1, -0.05) is 25.6 Å². The molecule has 7 nitrogen and oxygen atoms in total. The molecule has 1 aliphatic rings. The lowest BCUT2D eigenvalue weighted by atomic mass is 9.89. The molecule has 1 saturated heterocycles. The number of carbonyl (C=O) groups excluding carboxylic acids is 1. The van der Waals surface area contributed by atoms with Gasteiger partial charge in [0.15, 0.2) is 0 Å². The molecule has 0 saturated carbocycles. The molecule has 8 heteroatoms. The van der Waals surface area contributed by atoms with E-state index in [1.807, 2.05) is 13.8 Å². The van der Waals surface area contributed by atoms with Crippen LogP contribution in [0.25, 0.3) is 0 Å². The molecule has 1 fully saturated rings. The van der Waals surface area contributed by atoms with Crippen molar-refractivity contribution in [1.82, 2.24) is 0 Å². The zero-order valence-corrected chi connectivity index (χ0v) is 17.2. The first-order chi connectivity index (χ1) is 12.5. The number of carbonyl (C=O) groups is 1. The Hall–Kier alpha value is -1.32. The molecule has 0 amide bonds. The summed E-state index contributed by atoms with van der Waals surface area (Å²) in [6, 6.07) is 0. The summed E-state index contributed by atoms with van der Waals surface area (Å²) < 4.78 is 11.3. The van der Waals surface area contributed by atoms with Crippen molar-refractivity contribution in [3.63, 3.8) is 0 Å². The molecule has 4 N–H and O–H groups in total. The van der Waals surface area contributed by atoms with Crippen LogP contribution in [0.1, 0.15) is 53.7 Å². The first kappa shape index (κ1) is 22.0. The Morgan fingerprint density at radius 2 is 1.70 bits per heavy atom. The van der Waals surface area contributed by atoms with Gasteiger partial charge in [0, 0.05) is 5.56 Å². The van der Waals surface area contributed by atoms with Crippen molar-refractivity contribution >= 4 is 16.9 Å². The van der Waals surface area contributed by atoms with Gasteiger partial charge in [-0.15, -0.1) is 0 Å². The molecule has 152 valence electrons. The summed E-state index contributed by atoms with van der Waals surface area (Å²) in [5, 5.41) is 40.4. The Morgan fingerprint density at radius 1 is 1.11 bits per heavy atom. The van der Waals surface area contributed by atoms with E-state index in [2.05, 4.69) is 0 Å². The molecule has 1 aromatic carbocycles. The highest BCUT2D eigenvalue weighted by atomic mass is 32.2. The standard InChI is InChI=1S/C19H28O7S/c1-7(2)11-8(3)13(20)9(4)17(12(11)18(24)27-6)26-19-16(23)15(22)14(21)10(5)25-19/h7,10,14-16,19-23H,1-6H3/t10-,14-,15+,16+,19-/m0/s1. The zero-order chi connectivity index (χ0) is 20.6. The predicted molar refractivity (Wildman–Crippen MR) is 102 cm³/mol. The minimum absolute atomic E-state index is 0.00489. The van der Waals surface area contributed by atoms with Crippen molar-refractivity contribution in [1.29, 1.82) is 0 Å². The molecule has 0 bridgehead atoms. The first-order valence-corrected chi connectivity index (χ1v) is 10.1. The summed E-state index contributed by atoms with van der Waals surface area (Å²) in [5.41, 5.74) is 1.92. The second-order valence-electron chi connectivity index (χ2n) is 7.16. The number of rotatable bonds is 4. The van der Waals surface area contributed by atoms with Crippen LogP contribution >= 0.6 is 11.8 Å². The maximum atomic E-state index is 12.7. The van der Waals surface area contributed by atoms with Gasteiger partial charge in [0.1, 0.15) is 29.8 Å². The average Bonchev–Trinajstić information content (AvgIpc) is 2.63. The predicted octanol–water partition coefficient (Wildman–Crippen LogP) is 1.84. The van der Waals surface area contributed by atoms with Gasteiger partial charge in [-0.3, -0.25) is 4.79 Å². The average molecular weight is 400 g/mol. The quantitative estimate of drug-likeness (QED) is 0.605. The zero-order valence-electron chi connectivity index (χ0n) is 16.4. The normalized spacial score (nSPS) is 28.4. The lowest BCUT2D eigenvalue weighted by Crippen LogP contribution is -2.58. The topological polar surface area (TPSA) is 116 Å². The molecule has 27 heavy (non-hydrogen) atoms. The van der Waals surface area contributed by atoms with Crippen LogP contribution in [0.5, 0.6) is 11.5 Å². The second kappa shape index (κ2) is 8.36. The third-order valence-electron chi connectivity index (χ3n) is 4.96. The number of phenols is 1. The number of benzene rings is 1. The third kappa shape index (κ3) is 3.95. The van der Waals surface area contributed by atoms with E-state index in [9.17, 15) is 25.2 Å². The number of ether oxygens (including phenoxy) is 2. The van der Waals surface area contributed by atoms with Crippen molar-refractivity contribution in [3.8, 4) is 11.5 Å². The van der Waals surface area contributed by atoms with Crippen LogP contribution in [-0.4, -0.2) is 62.5 Å².